The average Bonchev–Trinajstić information content (AvgIpc) is 1.65. The summed E-state index contributed by atoms with van der Waals surface area (Å²) in [5.74, 6) is -0.0963. The smallest absolute Gasteiger partial charge is 0.132 e. The van der Waals surface area contributed by atoms with Crippen molar-refractivity contribution in [3.05, 3.63) is 0 Å². The maximum Gasteiger partial charge on any atom is 0.132 e. The first-order chi connectivity index (χ1) is 3.66. The van der Waals surface area contributed by atoms with E-state index in [0.717, 1.165) is 6.21 Å². The standard InChI is InChI=1S/C5H9NO2/c1-4(7)2-5(8)3-6/h3,5-6,8H,2H2,1H3. The summed E-state index contributed by atoms with van der Waals surface area (Å²) in [6, 6.07) is 0. The zero-order valence-corrected chi connectivity index (χ0v) is 4.72. The largest absolute Gasteiger partial charge is 0.387 e. The van der Waals surface area contributed by atoms with Gasteiger partial charge in [-0.05, 0) is 6.92 Å². The lowest BCUT2D eigenvalue weighted by Gasteiger charge is -1.96. The van der Waals surface area contributed by atoms with Gasteiger partial charge in [0.05, 0.1) is 6.10 Å². The van der Waals surface area contributed by atoms with E-state index in [1.54, 1.807) is 0 Å². The van der Waals surface area contributed by atoms with Crippen molar-refractivity contribution in [2.45, 2.75) is 19.4 Å². The molecule has 0 aromatic heterocycles. The van der Waals surface area contributed by atoms with Crippen LogP contribution in [0.2, 0.25) is 0 Å². The molecule has 0 radical (unpaired) electrons. The van der Waals surface area contributed by atoms with Crippen LogP contribution >= 0.6 is 0 Å². The van der Waals surface area contributed by atoms with Gasteiger partial charge in [0, 0.05) is 12.6 Å². The summed E-state index contributed by atoms with van der Waals surface area (Å²) in [6.45, 7) is 1.38. The molecule has 1 unspecified atom stereocenters. The molecule has 0 aliphatic rings. The van der Waals surface area contributed by atoms with Gasteiger partial charge in [-0.2, -0.15) is 0 Å². The molecule has 2 N–H and O–H groups in total. The van der Waals surface area contributed by atoms with E-state index in [9.17, 15) is 4.79 Å². The second-order valence-electron chi connectivity index (χ2n) is 1.64. The Bertz CT molecular complexity index is 101. The third-order valence-electron chi connectivity index (χ3n) is 0.689. The van der Waals surface area contributed by atoms with Crippen LogP contribution in [-0.2, 0) is 4.79 Å². The van der Waals surface area contributed by atoms with Crippen molar-refractivity contribution in [1.29, 1.82) is 5.41 Å². The Morgan fingerprint density at radius 2 is 2.50 bits per heavy atom. The summed E-state index contributed by atoms with van der Waals surface area (Å²) >= 11 is 0. The minimum atomic E-state index is -0.882. The lowest BCUT2D eigenvalue weighted by molar-refractivity contribution is -0.118. The molecule has 3 nitrogen and oxygen atoms in total. The molecule has 0 saturated heterocycles. The molecule has 0 saturated carbocycles. The van der Waals surface area contributed by atoms with Crippen molar-refractivity contribution in [2.24, 2.45) is 0 Å². The van der Waals surface area contributed by atoms with Crippen molar-refractivity contribution < 1.29 is 9.90 Å². The van der Waals surface area contributed by atoms with Crippen LogP contribution in [0.15, 0.2) is 0 Å². The van der Waals surface area contributed by atoms with E-state index in [1.807, 2.05) is 0 Å². The van der Waals surface area contributed by atoms with Gasteiger partial charge in [0.1, 0.15) is 5.78 Å². The minimum absolute atomic E-state index is 0.0590. The van der Waals surface area contributed by atoms with Crippen LogP contribution in [0.5, 0.6) is 0 Å². The molecule has 0 aliphatic heterocycles. The average molecular weight is 115 g/mol. The zero-order chi connectivity index (χ0) is 6.57. The summed E-state index contributed by atoms with van der Waals surface area (Å²) in [6.07, 6.45) is 0.0257. The number of rotatable bonds is 3. The van der Waals surface area contributed by atoms with E-state index >= 15 is 0 Å². The molecule has 8 heavy (non-hydrogen) atoms. The van der Waals surface area contributed by atoms with Crippen LogP contribution in [0.3, 0.4) is 0 Å². The van der Waals surface area contributed by atoms with Crippen LogP contribution in [-0.4, -0.2) is 23.2 Å². The highest BCUT2D eigenvalue weighted by molar-refractivity contribution is 5.79. The van der Waals surface area contributed by atoms with Crippen LogP contribution in [0.25, 0.3) is 0 Å². The molecule has 0 bridgehead atoms. The summed E-state index contributed by atoms with van der Waals surface area (Å²) in [4.78, 5) is 10.1. The molecular formula is C5H9NO2. The van der Waals surface area contributed by atoms with Crippen molar-refractivity contribution in [3.63, 3.8) is 0 Å². The second kappa shape index (κ2) is 3.32. The lowest BCUT2D eigenvalue weighted by Crippen LogP contribution is -2.11. The summed E-state index contributed by atoms with van der Waals surface area (Å²) in [7, 11) is 0. The van der Waals surface area contributed by atoms with E-state index in [4.69, 9.17) is 10.5 Å². The molecule has 0 fully saturated rings. The molecule has 0 spiro atoms. The fourth-order valence-electron chi connectivity index (χ4n) is 0.353. The first kappa shape index (κ1) is 7.30. The van der Waals surface area contributed by atoms with Crippen LogP contribution in [0.4, 0.5) is 0 Å². The third-order valence-corrected chi connectivity index (χ3v) is 0.689. The predicted octanol–water partition coefficient (Wildman–Crippen LogP) is -0.0240. The predicted molar refractivity (Wildman–Crippen MR) is 30.1 cm³/mol. The van der Waals surface area contributed by atoms with Gasteiger partial charge in [-0.15, -0.1) is 0 Å². The molecule has 46 valence electrons. The minimum Gasteiger partial charge on any atom is -0.387 e. The van der Waals surface area contributed by atoms with E-state index in [0.29, 0.717) is 0 Å². The van der Waals surface area contributed by atoms with E-state index in [-0.39, 0.29) is 12.2 Å². The normalized spacial score (nSPS) is 12.8. The first-order valence-electron chi connectivity index (χ1n) is 2.35. The van der Waals surface area contributed by atoms with Crippen molar-refractivity contribution in [2.75, 3.05) is 0 Å². The number of Topliss-reactive ketones (excluding diaryl/α,β-unsaturated/α-hetero) is 1. The Morgan fingerprint density at radius 3 is 2.62 bits per heavy atom. The van der Waals surface area contributed by atoms with Gasteiger partial charge in [0.25, 0.3) is 0 Å². The van der Waals surface area contributed by atoms with Crippen LogP contribution in [0.1, 0.15) is 13.3 Å². The van der Waals surface area contributed by atoms with Gasteiger partial charge in [0.2, 0.25) is 0 Å². The molecule has 0 heterocycles. The highest BCUT2D eigenvalue weighted by atomic mass is 16.3. The SMILES string of the molecule is CC(=O)CC(O)C=N. The summed E-state index contributed by atoms with van der Waals surface area (Å²) in [5.41, 5.74) is 0. The number of aliphatic hydroxyl groups is 1. The molecule has 0 aliphatic carbocycles. The van der Waals surface area contributed by atoms with E-state index < -0.39 is 6.10 Å². The Morgan fingerprint density at radius 1 is 2.00 bits per heavy atom. The van der Waals surface area contributed by atoms with Crippen molar-refractivity contribution >= 4 is 12.0 Å². The number of carbonyl (C=O) groups excluding carboxylic acids is 1. The zero-order valence-electron chi connectivity index (χ0n) is 4.72. The number of carbonyl (C=O) groups is 1. The van der Waals surface area contributed by atoms with E-state index in [2.05, 4.69) is 0 Å². The van der Waals surface area contributed by atoms with Gasteiger partial charge >= 0.3 is 0 Å². The van der Waals surface area contributed by atoms with Crippen molar-refractivity contribution in [3.8, 4) is 0 Å². The van der Waals surface area contributed by atoms with Gasteiger partial charge in [-0.3, -0.25) is 4.79 Å². The lowest BCUT2D eigenvalue weighted by atomic mass is 10.2. The number of hydrogen-bond donors (Lipinski definition) is 2. The van der Waals surface area contributed by atoms with Crippen molar-refractivity contribution in [1.82, 2.24) is 0 Å². The maximum atomic E-state index is 10.1. The molecule has 0 amide bonds. The van der Waals surface area contributed by atoms with Gasteiger partial charge in [0.15, 0.2) is 0 Å². The van der Waals surface area contributed by atoms with E-state index in [1.165, 1.54) is 6.92 Å². The summed E-state index contributed by atoms with van der Waals surface area (Å²) in [5, 5.41) is 15.0. The monoisotopic (exact) mass is 115 g/mol. The van der Waals surface area contributed by atoms with Crippen LogP contribution in [0, 0.1) is 5.41 Å². The fraction of sp³-hybridized carbons (Fsp3) is 0.600. The number of nitrogens with one attached hydrogen (secondary N) is 1. The first-order valence-corrected chi connectivity index (χ1v) is 2.35. The highest BCUT2D eigenvalue weighted by Gasteiger charge is 2.00. The molecule has 0 rings (SSSR count). The Labute approximate surface area is 47.8 Å². The number of aliphatic hydroxyl groups excluding tert-OH is 1. The van der Waals surface area contributed by atoms with Gasteiger partial charge in [-0.1, -0.05) is 0 Å². The van der Waals surface area contributed by atoms with Gasteiger partial charge in [-0.25, -0.2) is 0 Å². The Kier molecular flexibility index (Phi) is 3.03. The second-order valence-corrected chi connectivity index (χ2v) is 1.64. The molecule has 0 aromatic carbocycles. The highest BCUT2D eigenvalue weighted by Crippen LogP contribution is 1.86. The number of hydrogen-bond acceptors (Lipinski definition) is 3. The molecular weight excluding hydrogens is 106 g/mol. The quantitative estimate of drug-likeness (QED) is 0.507. The number of ketones is 1. The van der Waals surface area contributed by atoms with Gasteiger partial charge < -0.3 is 10.5 Å². The molecule has 3 heteroatoms. The molecule has 0 aromatic rings. The maximum absolute atomic E-state index is 10.1. The molecule has 1 atom stereocenters. The third kappa shape index (κ3) is 3.49. The summed E-state index contributed by atoms with van der Waals surface area (Å²) < 4.78 is 0. The Hall–Kier alpha value is -0.700. The van der Waals surface area contributed by atoms with Crippen LogP contribution < -0.4 is 0 Å². The Balaban J connectivity index is 3.38. The topological polar surface area (TPSA) is 61.1 Å². The fourth-order valence-corrected chi connectivity index (χ4v) is 0.353.